The molecule has 0 saturated heterocycles. The molecule has 1 heterocycles. The van der Waals surface area contributed by atoms with Crippen LogP contribution >= 0.6 is 0 Å². The lowest BCUT2D eigenvalue weighted by atomic mass is 10.0. The zero-order valence-corrected chi connectivity index (χ0v) is 13.6. The fraction of sp³-hybridized carbons (Fsp3) is 0.0526. The van der Waals surface area contributed by atoms with Crippen molar-refractivity contribution in [3.8, 4) is 11.3 Å². The molecule has 0 aliphatic carbocycles. The second-order valence-corrected chi connectivity index (χ2v) is 5.63. The summed E-state index contributed by atoms with van der Waals surface area (Å²) in [4.78, 5) is 15.2. The highest BCUT2D eigenvalue weighted by molar-refractivity contribution is 5.92. The van der Waals surface area contributed by atoms with E-state index in [4.69, 9.17) is 0 Å². The van der Waals surface area contributed by atoms with Crippen LogP contribution in [0.25, 0.3) is 11.3 Å². The largest absolute Gasteiger partial charge is 0.478 e. The van der Waals surface area contributed by atoms with Crippen LogP contribution < -0.4 is 5.32 Å². The third kappa shape index (κ3) is 4.22. The van der Waals surface area contributed by atoms with Gasteiger partial charge in [-0.1, -0.05) is 0 Å². The van der Waals surface area contributed by atoms with Crippen LogP contribution in [0.15, 0.2) is 60.8 Å². The van der Waals surface area contributed by atoms with Crippen molar-refractivity contribution >= 4 is 17.3 Å². The molecule has 0 unspecified atom stereocenters. The molecule has 138 valence electrons. The van der Waals surface area contributed by atoms with Gasteiger partial charge in [0.25, 0.3) is 0 Å². The molecule has 0 spiro atoms. The Kier molecular flexibility index (Phi) is 4.81. The topological polar surface area (TPSA) is 62.2 Å². The van der Waals surface area contributed by atoms with Gasteiger partial charge in [-0.05, 0) is 54.6 Å². The van der Waals surface area contributed by atoms with Crippen LogP contribution in [0.2, 0.25) is 0 Å². The molecule has 0 atom stereocenters. The Morgan fingerprint density at radius 2 is 1.70 bits per heavy atom. The van der Waals surface area contributed by atoms with Crippen molar-refractivity contribution in [1.82, 2.24) is 4.98 Å². The number of hydrogen-bond donors (Lipinski definition) is 2. The van der Waals surface area contributed by atoms with Crippen molar-refractivity contribution in [3.05, 3.63) is 77.7 Å². The number of halogens is 4. The summed E-state index contributed by atoms with van der Waals surface area (Å²) in [5, 5.41) is 12.1. The summed E-state index contributed by atoms with van der Waals surface area (Å²) in [5.74, 6) is -1.70. The van der Waals surface area contributed by atoms with Gasteiger partial charge in [0.2, 0.25) is 0 Å². The monoisotopic (exact) mass is 376 g/mol. The Hall–Kier alpha value is -3.42. The predicted molar refractivity (Wildman–Crippen MR) is 91.3 cm³/mol. The molecule has 2 aromatic carbocycles. The van der Waals surface area contributed by atoms with Gasteiger partial charge < -0.3 is 10.4 Å². The van der Waals surface area contributed by atoms with Crippen molar-refractivity contribution in [2.75, 3.05) is 5.32 Å². The summed E-state index contributed by atoms with van der Waals surface area (Å²) >= 11 is 0. The van der Waals surface area contributed by atoms with Gasteiger partial charge >= 0.3 is 12.1 Å². The molecule has 0 saturated carbocycles. The molecule has 0 fully saturated rings. The fourth-order valence-electron chi connectivity index (χ4n) is 2.43. The Balaban J connectivity index is 1.99. The number of nitrogens with one attached hydrogen (secondary N) is 1. The highest BCUT2D eigenvalue weighted by atomic mass is 19.4. The van der Waals surface area contributed by atoms with Crippen LogP contribution in [0.1, 0.15) is 15.9 Å². The van der Waals surface area contributed by atoms with E-state index >= 15 is 0 Å². The lowest BCUT2D eigenvalue weighted by Gasteiger charge is -2.14. The number of nitrogens with zero attached hydrogens (tertiary/aromatic N) is 1. The number of carboxylic acid groups (broad SMARTS) is 1. The van der Waals surface area contributed by atoms with E-state index in [1.165, 1.54) is 42.5 Å². The standard InChI is InChI=1S/C19H12F4N2O2/c20-13-4-8-16(24-10-13)15-9-11(18(26)27)1-7-17(15)25-14-5-2-12(3-6-14)19(21,22)23/h1-10,25H,(H,26,27). The summed E-state index contributed by atoms with van der Waals surface area (Å²) in [5.41, 5.74) is 0.681. The Morgan fingerprint density at radius 3 is 2.26 bits per heavy atom. The van der Waals surface area contributed by atoms with Crippen molar-refractivity contribution in [1.29, 1.82) is 0 Å². The maximum atomic E-state index is 13.1. The number of alkyl halides is 3. The number of benzene rings is 2. The van der Waals surface area contributed by atoms with Gasteiger partial charge in [-0.25, -0.2) is 9.18 Å². The van der Waals surface area contributed by atoms with Crippen molar-refractivity contribution in [3.63, 3.8) is 0 Å². The number of aromatic carboxylic acids is 1. The predicted octanol–water partition coefficient (Wildman–Crippen LogP) is 5.35. The average molecular weight is 376 g/mol. The number of pyridine rings is 1. The highest BCUT2D eigenvalue weighted by Gasteiger charge is 2.29. The van der Waals surface area contributed by atoms with Gasteiger partial charge in [0.15, 0.2) is 0 Å². The molecule has 0 radical (unpaired) electrons. The number of hydrogen-bond acceptors (Lipinski definition) is 3. The van der Waals surface area contributed by atoms with Crippen LogP contribution in [0.3, 0.4) is 0 Å². The van der Waals surface area contributed by atoms with E-state index < -0.39 is 23.5 Å². The quantitative estimate of drug-likeness (QED) is 0.603. The normalized spacial score (nSPS) is 11.3. The first-order valence-electron chi connectivity index (χ1n) is 7.67. The Bertz CT molecular complexity index is 968. The number of aromatic nitrogens is 1. The van der Waals surface area contributed by atoms with E-state index in [9.17, 15) is 27.5 Å². The minimum absolute atomic E-state index is 0.00547. The number of anilines is 2. The summed E-state index contributed by atoms with van der Waals surface area (Å²) < 4.78 is 51.1. The molecule has 0 aliphatic heterocycles. The average Bonchev–Trinajstić information content (AvgIpc) is 2.62. The molecular formula is C19H12F4N2O2. The van der Waals surface area contributed by atoms with Crippen molar-refractivity contribution in [2.45, 2.75) is 6.18 Å². The number of rotatable bonds is 4. The van der Waals surface area contributed by atoms with Gasteiger partial charge in [0, 0.05) is 16.9 Å². The zero-order chi connectivity index (χ0) is 19.6. The van der Waals surface area contributed by atoms with E-state index in [0.29, 0.717) is 22.6 Å². The summed E-state index contributed by atoms with van der Waals surface area (Å²) in [7, 11) is 0. The van der Waals surface area contributed by atoms with Gasteiger partial charge in [0.05, 0.1) is 23.0 Å². The molecule has 2 N–H and O–H groups in total. The maximum absolute atomic E-state index is 13.1. The molecule has 1 aromatic heterocycles. The number of carbonyl (C=O) groups is 1. The van der Waals surface area contributed by atoms with Crippen LogP contribution in [-0.4, -0.2) is 16.1 Å². The molecule has 3 aromatic rings. The molecule has 4 nitrogen and oxygen atoms in total. The number of carboxylic acids is 1. The lowest BCUT2D eigenvalue weighted by molar-refractivity contribution is -0.137. The van der Waals surface area contributed by atoms with Gasteiger partial charge in [0.1, 0.15) is 5.82 Å². The molecule has 0 amide bonds. The van der Waals surface area contributed by atoms with Crippen LogP contribution in [0.5, 0.6) is 0 Å². The molecule has 0 bridgehead atoms. The third-order valence-electron chi connectivity index (χ3n) is 3.76. The minimum atomic E-state index is -4.44. The first-order valence-corrected chi connectivity index (χ1v) is 7.67. The van der Waals surface area contributed by atoms with Gasteiger partial charge in [-0.2, -0.15) is 13.2 Å². The van der Waals surface area contributed by atoms with Crippen LogP contribution in [0.4, 0.5) is 28.9 Å². The summed E-state index contributed by atoms with van der Waals surface area (Å²) in [6.45, 7) is 0. The SMILES string of the molecule is O=C(O)c1ccc(Nc2ccc(C(F)(F)F)cc2)c(-c2ccc(F)cn2)c1. The molecule has 27 heavy (non-hydrogen) atoms. The van der Waals surface area contributed by atoms with Gasteiger partial charge in [-0.15, -0.1) is 0 Å². The van der Waals surface area contributed by atoms with E-state index in [-0.39, 0.29) is 5.56 Å². The Labute approximate surface area is 151 Å². The second-order valence-electron chi connectivity index (χ2n) is 5.63. The van der Waals surface area contributed by atoms with E-state index in [2.05, 4.69) is 10.3 Å². The zero-order valence-electron chi connectivity index (χ0n) is 13.6. The molecular weight excluding hydrogens is 364 g/mol. The van der Waals surface area contributed by atoms with Crippen LogP contribution in [0, 0.1) is 5.82 Å². The van der Waals surface area contributed by atoms with Crippen molar-refractivity contribution < 1.29 is 27.5 Å². The molecule has 3 rings (SSSR count). The Morgan fingerprint density at radius 1 is 1.00 bits per heavy atom. The fourth-order valence-corrected chi connectivity index (χ4v) is 2.43. The minimum Gasteiger partial charge on any atom is -0.478 e. The first kappa shape index (κ1) is 18.4. The summed E-state index contributed by atoms with van der Waals surface area (Å²) in [6, 6.07) is 11.1. The van der Waals surface area contributed by atoms with Crippen LogP contribution in [-0.2, 0) is 6.18 Å². The van der Waals surface area contributed by atoms with E-state index in [1.54, 1.807) is 0 Å². The third-order valence-corrected chi connectivity index (χ3v) is 3.76. The van der Waals surface area contributed by atoms with E-state index in [0.717, 1.165) is 18.3 Å². The van der Waals surface area contributed by atoms with Crippen molar-refractivity contribution in [2.24, 2.45) is 0 Å². The maximum Gasteiger partial charge on any atom is 0.416 e. The van der Waals surface area contributed by atoms with E-state index in [1.807, 2.05) is 0 Å². The first-order chi connectivity index (χ1) is 12.7. The van der Waals surface area contributed by atoms with Gasteiger partial charge in [-0.3, -0.25) is 4.98 Å². The highest BCUT2D eigenvalue weighted by Crippen LogP contribution is 2.33. The lowest BCUT2D eigenvalue weighted by Crippen LogP contribution is -2.04. The molecule has 0 aliphatic rings. The molecule has 8 heteroatoms. The smallest absolute Gasteiger partial charge is 0.416 e. The summed E-state index contributed by atoms with van der Waals surface area (Å²) in [6.07, 6.45) is -3.45. The second kappa shape index (κ2) is 7.06.